The molecule has 3 aromatic rings. The molecule has 3 aromatic carbocycles. The zero-order valence-electron chi connectivity index (χ0n) is 21.1. The first-order chi connectivity index (χ1) is 15.9. The fourth-order valence-electron chi connectivity index (χ4n) is 3.61. The average Bonchev–Trinajstić information content (AvgIpc) is 2.76. The van der Waals surface area contributed by atoms with Crippen molar-refractivity contribution in [2.24, 2.45) is 0 Å². The second-order valence-electron chi connectivity index (χ2n) is 9.82. The average molecular weight is 459 g/mol. The molecule has 0 bridgehead atoms. The van der Waals surface area contributed by atoms with Crippen LogP contribution < -0.4 is 15.4 Å². The summed E-state index contributed by atoms with van der Waals surface area (Å²) in [5, 5.41) is 5.77. The van der Waals surface area contributed by atoms with E-state index in [2.05, 4.69) is 37.5 Å². The maximum atomic E-state index is 12.7. The molecule has 2 N–H and O–H groups in total. The zero-order chi connectivity index (χ0) is 25.0. The monoisotopic (exact) mass is 458 g/mol. The molecule has 1 atom stereocenters. The maximum absolute atomic E-state index is 12.7. The molecule has 0 heterocycles. The quantitative estimate of drug-likeness (QED) is 0.439. The first kappa shape index (κ1) is 25.0. The molecule has 0 aliphatic heterocycles. The van der Waals surface area contributed by atoms with Crippen LogP contribution in [-0.2, 0) is 10.2 Å². The van der Waals surface area contributed by atoms with Crippen LogP contribution in [0.25, 0.3) is 0 Å². The highest BCUT2D eigenvalue weighted by Gasteiger charge is 2.18. The number of hydrogen-bond donors (Lipinski definition) is 2. The van der Waals surface area contributed by atoms with Crippen LogP contribution in [0, 0.1) is 20.8 Å². The lowest BCUT2D eigenvalue weighted by atomic mass is 9.87. The third-order valence-electron chi connectivity index (χ3n) is 5.84. The summed E-state index contributed by atoms with van der Waals surface area (Å²) in [5.41, 5.74) is 6.18. The van der Waals surface area contributed by atoms with E-state index in [0.717, 1.165) is 16.7 Å². The Labute approximate surface area is 202 Å². The number of benzene rings is 3. The van der Waals surface area contributed by atoms with Crippen molar-refractivity contribution in [3.8, 4) is 5.75 Å². The molecule has 2 amide bonds. The zero-order valence-corrected chi connectivity index (χ0v) is 21.1. The van der Waals surface area contributed by atoms with Gasteiger partial charge in [0.2, 0.25) is 0 Å². The highest BCUT2D eigenvalue weighted by atomic mass is 16.5. The Morgan fingerprint density at radius 3 is 2.09 bits per heavy atom. The summed E-state index contributed by atoms with van der Waals surface area (Å²) < 4.78 is 5.95. The molecule has 0 aliphatic rings. The van der Waals surface area contributed by atoms with Gasteiger partial charge in [-0.3, -0.25) is 9.59 Å². The molecule has 178 valence electrons. The summed E-state index contributed by atoms with van der Waals surface area (Å²) in [4.78, 5) is 25.4. The summed E-state index contributed by atoms with van der Waals surface area (Å²) in [7, 11) is 0. The Morgan fingerprint density at radius 2 is 1.47 bits per heavy atom. The van der Waals surface area contributed by atoms with Crippen LogP contribution in [0.15, 0.2) is 60.7 Å². The number of ether oxygens (including phenoxy) is 1. The van der Waals surface area contributed by atoms with Crippen LogP contribution in [0.5, 0.6) is 5.75 Å². The smallest absolute Gasteiger partial charge is 0.265 e. The lowest BCUT2D eigenvalue weighted by molar-refractivity contribution is -0.122. The Balaban J connectivity index is 1.65. The van der Waals surface area contributed by atoms with Crippen LogP contribution in [0.3, 0.4) is 0 Å². The molecule has 5 nitrogen and oxygen atoms in total. The van der Waals surface area contributed by atoms with Crippen LogP contribution in [0.1, 0.15) is 60.3 Å². The molecule has 5 heteroatoms. The number of amides is 2. The van der Waals surface area contributed by atoms with E-state index in [4.69, 9.17) is 4.74 Å². The Hall–Kier alpha value is -3.60. The van der Waals surface area contributed by atoms with E-state index < -0.39 is 6.10 Å². The third-order valence-corrected chi connectivity index (χ3v) is 5.84. The van der Waals surface area contributed by atoms with Gasteiger partial charge in [0, 0.05) is 16.9 Å². The van der Waals surface area contributed by atoms with E-state index >= 15 is 0 Å². The standard InChI is InChI=1S/C29H34N2O3/c1-18-15-19(2)20(3)26(16-18)34-21(4)27(32)30-24-9-8-10-25(17-24)31-28(33)22-11-13-23(14-12-22)29(5,6)7/h8-17,21H,1-7H3,(H,30,32)(H,31,33)/t21-/m0/s1. The molecule has 34 heavy (non-hydrogen) atoms. The second kappa shape index (κ2) is 10.1. The van der Waals surface area contributed by atoms with Gasteiger partial charge in [0.1, 0.15) is 5.75 Å². The van der Waals surface area contributed by atoms with Crippen molar-refractivity contribution in [2.75, 3.05) is 10.6 Å². The molecule has 0 fully saturated rings. The molecule has 3 rings (SSSR count). The third kappa shape index (κ3) is 6.25. The topological polar surface area (TPSA) is 67.4 Å². The largest absolute Gasteiger partial charge is 0.481 e. The van der Waals surface area contributed by atoms with Crippen molar-refractivity contribution in [1.82, 2.24) is 0 Å². The van der Waals surface area contributed by atoms with E-state index in [0.29, 0.717) is 22.7 Å². The van der Waals surface area contributed by atoms with Gasteiger partial charge in [-0.2, -0.15) is 0 Å². The lowest BCUT2D eigenvalue weighted by Gasteiger charge is -2.19. The van der Waals surface area contributed by atoms with Crippen molar-refractivity contribution < 1.29 is 14.3 Å². The van der Waals surface area contributed by atoms with E-state index in [1.807, 2.05) is 51.1 Å². The fourth-order valence-corrected chi connectivity index (χ4v) is 3.61. The lowest BCUT2D eigenvalue weighted by Crippen LogP contribution is -2.30. The SMILES string of the molecule is Cc1cc(C)c(C)c(O[C@@H](C)C(=O)Nc2cccc(NC(=O)c3ccc(C(C)(C)C)cc3)c2)c1. The van der Waals surface area contributed by atoms with Gasteiger partial charge in [-0.05, 0) is 91.8 Å². The van der Waals surface area contributed by atoms with Crippen molar-refractivity contribution in [1.29, 1.82) is 0 Å². The molecule has 0 aromatic heterocycles. The van der Waals surface area contributed by atoms with Gasteiger partial charge in [-0.1, -0.05) is 45.0 Å². The van der Waals surface area contributed by atoms with Gasteiger partial charge >= 0.3 is 0 Å². The molecule has 0 spiro atoms. The molecule has 0 saturated carbocycles. The van der Waals surface area contributed by atoms with Gasteiger partial charge in [-0.25, -0.2) is 0 Å². The summed E-state index contributed by atoms with van der Waals surface area (Å²) in [6, 6.07) is 18.7. The predicted molar refractivity (Wildman–Crippen MR) is 139 cm³/mol. The Bertz CT molecular complexity index is 1190. The van der Waals surface area contributed by atoms with Crippen molar-refractivity contribution in [3.63, 3.8) is 0 Å². The van der Waals surface area contributed by atoms with Gasteiger partial charge in [0.25, 0.3) is 11.8 Å². The minimum absolute atomic E-state index is 0.0270. The van der Waals surface area contributed by atoms with Crippen LogP contribution in [0.2, 0.25) is 0 Å². The molecule has 0 radical (unpaired) electrons. The van der Waals surface area contributed by atoms with E-state index in [-0.39, 0.29) is 17.2 Å². The van der Waals surface area contributed by atoms with Gasteiger partial charge in [0.15, 0.2) is 6.10 Å². The normalized spacial score (nSPS) is 12.1. The summed E-state index contributed by atoms with van der Waals surface area (Å²) >= 11 is 0. The number of nitrogens with one attached hydrogen (secondary N) is 2. The van der Waals surface area contributed by atoms with Crippen LogP contribution in [0.4, 0.5) is 11.4 Å². The minimum atomic E-state index is -0.681. The van der Waals surface area contributed by atoms with Gasteiger partial charge in [0.05, 0.1) is 0 Å². The maximum Gasteiger partial charge on any atom is 0.265 e. The van der Waals surface area contributed by atoms with Gasteiger partial charge < -0.3 is 15.4 Å². The first-order valence-corrected chi connectivity index (χ1v) is 11.5. The summed E-state index contributed by atoms with van der Waals surface area (Å²) in [6.45, 7) is 14.1. The molecular formula is C29H34N2O3. The van der Waals surface area contributed by atoms with E-state index in [1.165, 1.54) is 5.56 Å². The second-order valence-corrected chi connectivity index (χ2v) is 9.82. The number of carbonyl (C=O) groups is 2. The summed E-state index contributed by atoms with van der Waals surface area (Å²) in [5.74, 6) is 0.240. The molecule has 0 saturated heterocycles. The highest BCUT2D eigenvalue weighted by molar-refractivity contribution is 6.04. The first-order valence-electron chi connectivity index (χ1n) is 11.5. The molecule has 0 aliphatic carbocycles. The minimum Gasteiger partial charge on any atom is -0.481 e. The van der Waals surface area contributed by atoms with Crippen molar-refractivity contribution in [3.05, 3.63) is 88.5 Å². The fraction of sp³-hybridized carbons (Fsp3) is 0.310. The number of rotatable bonds is 6. The van der Waals surface area contributed by atoms with Crippen LogP contribution >= 0.6 is 0 Å². The number of aryl methyl sites for hydroxylation is 2. The van der Waals surface area contributed by atoms with E-state index in [1.54, 1.807) is 31.2 Å². The highest BCUT2D eigenvalue weighted by Crippen LogP contribution is 2.25. The number of carbonyl (C=O) groups excluding carboxylic acids is 2. The van der Waals surface area contributed by atoms with Crippen LogP contribution in [-0.4, -0.2) is 17.9 Å². The molecule has 0 unspecified atom stereocenters. The Kier molecular flexibility index (Phi) is 7.45. The van der Waals surface area contributed by atoms with Crippen molar-refractivity contribution in [2.45, 2.75) is 60.0 Å². The number of anilines is 2. The predicted octanol–water partition coefficient (Wildman–Crippen LogP) is 6.57. The van der Waals surface area contributed by atoms with Crippen molar-refractivity contribution >= 4 is 23.2 Å². The van der Waals surface area contributed by atoms with E-state index in [9.17, 15) is 9.59 Å². The number of hydrogen-bond acceptors (Lipinski definition) is 3. The summed E-state index contributed by atoms with van der Waals surface area (Å²) in [6.07, 6.45) is -0.681. The Morgan fingerprint density at radius 1 is 0.853 bits per heavy atom. The molecular weight excluding hydrogens is 424 g/mol. The van der Waals surface area contributed by atoms with Gasteiger partial charge in [-0.15, -0.1) is 0 Å².